The van der Waals surface area contributed by atoms with Gasteiger partial charge in [-0.1, -0.05) is 6.07 Å². The van der Waals surface area contributed by atoms with E-state index in [0.29, 0.717) is 19.5 Å². The van der Waals surface area contributed by atoms with E-state index >= 15 is 0 Å². The minimum absolute atomic E-state index is 0.109. The molecule has 0 bridgehead atoms. The number of hydrogen-bond acceptors (Lipinski definition) is 5. The number of carbonyl (C=O) groups excluding carboxylic acids is 2. The highest BCUT2D eigenvalue weighted by atomic mass is 16.6. The first-order valence-corrected chi connectivity index (χ1v) is 7.78. The first kappa shape index (κ1) is 17.2. The Kier molecular flexibility index (Phi) is 5.54. The average molecular weight is 320 g/mol. The molecule has 1 aromatic rings. The highest BCUT2D eigenvalue weighted by Crippen LogP contribution is 2.16. The second-order valence-corrected chi connectivity index (χ2v) is 6.54. The quantitative estimate of drug-likeness (QED) is 0.880. The van der Waals surface area contributed by atoms with Crippen molar-refractivity contribution >= 4 is 12.0 Å². The lowest BCUT2D eigenvalue weighted by atomic mass is 10.2. The van der Waals surface area contributed by atoms with E-state index in [1.54, 1.807) is 38.2 Å². The maximum Gasteiger partial charge on any atom is 0.422 e. The van der Waals surface area contributed by atoms with Crippen molar-refractivity contribution in [2.24, 2.45) is 0 Å². The highest BCUT2D eigenvalue weighted by Gasteiger charge is 2.32. The molecular weight excluding hydrogens is 296 g/mol. The molecule has 126 valence electrons. The van der Waals surface area contributed by atoms with Crippen LogP contribution in [0, 0.1) is 0 Å². The first-order valence-electron chi connectivity index (χ1n) is 7.78. The van der Waals surface area contributed by atoms with Gasteiger partial charge in [-0.25, -0.2) is 9.80 Å². The molecule has 7 nitrogen and oxygen atoms in total. The number of hydrogen-bond donors (Lipinski definition) is 2. The Hall–Kier alpha value is -2.15. The molecule has 1 aromatic heterocycles. The van der Waals surface area contributed by atoms with Crippen LogP contribution < -0.4 is 10.7 Å². The van der Waals surface area contributed by atoms with Gasteiger partial charge < -0.3 is 10.1 Å². The number of pyridine rings is 1. The topological polar surface area (TPSA) is 83.6 Å². The molecule has 2 heterocycles. The number of amides is 2. The molecule has 1 fully saturated rings. The summed E-state index contributed by atoms with van der Waals surface area (Å²) in [5, 5.41) is 4.53. The van der Waals surface area contributed by atoms with Crippen molar-refractivity contribution in [1.82, 2.24) is 20.7 Å². The third-order valence-electron chi connectivity index (χ3n) is 3.38. The van der Waals surface area contributed by atoms with E-state index in [0.717, 1.165) is 12.0 Å². The van der Waals surface area contributed by atoms with Crippen LogP contribution in [0.5, 0.6) is 0 Å². The standard InChI is InChI=1S/C16H24N4O3/c1-16(2,3)23-15(22)19-20-9-5-7-13(20)14(21)18-11-12-6-4-8-17-10-12/h4,6,8,10,13H,5,7,9,11H2,1-3H3,(H,18,21)(H,19,22)/t13-/m1/s1. The van der Waals surface area contributed by atoms with Gasteiger partial charge in [0, 0.05) is 25.5 Å². The van der Waals surface area contributed by atoms with Crippen LogP contribution in [0.15, 0.2) is 24.5 Å². The number of nitrogens with one attached hydrogen (secondary N) is 2. The van der Waals surface area contributed by atoms with Crippen LogP contribution in [0.4, 0.5) is 4.79 Å². The molecule has 2 amide bonds. The maximum atomic E-state index is 12.3. The summed E-state index contributed by atoms with van der Waals surface area (Å²) in [6, 6.07) is 3.35. The molecule has 0 radical (unpaired) electrons. The van der Waals surface area contributed by atoms with Gasteiger partial charge >= 0.3 is 6.09 Å². The molecule has 0 spiro atoms. The Labute approximate surface area is 136 Å². The number of aromatic nitrogens is 1. The molecule has 0 unspecified atom stereocenters. The van der Waals surface area contributed by atoms with E-state index in [-0.39, 0.29) is 11.9 Å². The lowest BCUT2D eigenvalue weighted by Gasteiger charge is -2.26. The summed E-state index contributed by atoms with van der Waals surface area (Å²) in [6.07, 6.45) is 4.42. The van der Waals surface area contributed by atoms with Crippen molar-refractivity contribution in [2.75, 3.05) is 6.54 Å². The second kappa shape index (κ2) is 7.41. The van der Waals surface area contributed by atoms with E-state index in [1.165, 1.54) is 0 Å². The summed E-state index contributed by atoms with van der Waals surface area (Å²) >= 11 is 0. The summed E-state index contributed by atoms with van der Waals surface area (Å²) in [5.74, 6) is -0.109. The fraction of sp³-hybridized carbons (Fsp3) is 0.562. The number of carbonyl (C=O) groups is 2. The van der Waals surface area contributed by atoms with Crippen LogP contribution in [-0.4, -0.2) is 40.2 Å². The Bertz CT molecular complexity index is 542. The summed E-state index contributed by atoms with van der Waals surface area (Å²) in [6.45, 7) is 6.45. The van der Waals surface area contributed by atoms with Crippen molar-refractivity contribution in [1.29, 1.82) is 0 Å². The van der Waals surface area contributed by atoms with Crippen molar-refractivity contribution in [3.8, 4) is 0 Å². The van der Waals surface area contributed by atoms with Gasteiger partial charge in [0.15, 0.2) is 0 Å². The molecule has 1 aliphatic rings. The van der Waals surface area contributed by atoms with Crippen LogP contribution in [0.3, 0.4) is 0 Å². The fourth-order valence-electron chi connectivity index (χ4n) is 2.40. The second-order valence-electron chi connectivity index (χ2n) is 6.54. The Morgan fingerprint density at radius 2 is 2.22 bits per heavy atom. The predicted molar refractivity (Wildman–Crippen MR) is 85.2 cm³/mol. The molecule has 7 heteroatoms. The van der Waals surface area contributed by atoms with Gasteiger partial charge in [-0.05, 0) is 45.2 Å². The Balaban J connectivity index is 1.85. The Morgan fingerprint density at radius 3 is 2.87 bits per heavy atom. The van der Waals surface area contributed by atoms with Gasteiger partial charge in [0.1, 0.15) is 11.6 Å². The average Bonchev–Trinajstić information content (AvgIpc) is 2.92. The normalized spacial score (nSPS) is 18.5. The van der Waals surface area contributed by atoms with Gasteiger partial charge in [-0.3, -0.25) is 15.2 Å². The van der Waals surface area contributed by atoms with E-state index in [4.69, 9.17) is 4.74 Å². The molecule has 1 saturated heterocycles. The zero-order chi connectivity index (χ0) is 16.9. The molecule has 23 heavy (non-hydrogen) atoms. The van der Waals surface area contributed by atoms with Gasteiger partial charge in [-0.2, -0.15) is 0 Å². The zero-order valence-electron chi connectivity index (χ0n) is 13.8. The van der Waals surface area contributed by atoms with Crippen molar-refractivity contribution in [3.05, 3.63) is 30.1 Å². The molecule has 1 atom stereocenters. The highest BCUT2D eigenvalue weighted by molar-refractivity contribution is 5.82. The van der Waals surface area contributed by atoms with E-state index in [1.807, 2.05) is 12.1 Å². The summed E-state index contributed by atoms with van der Waals surface area (Å²) < 4.78 is 5.23. The van der Waals surface area contributed by atoms with Crippen molar-refractivity contribution < 1.29 is 14.3 Å². The SMILES string of the molecule is CC(C)(C)OC(=O)NN1CCC[C@@H]1C(=O)NCc1cccnc1. The summed E-state index contributed by atoms with van der Waals surface area (Å²) in [5.41, 5.74) is 3.03. The number of rotatable bonds is 4. The third kappa shape index (κ3) is 5.52. The molecule has 2 rings (SSSR count). The van der Waals surface area contributed by atoms with Gasteiger partial charge in [0.05, 0.1) is 0 Å². The van der Waals surface area contributed by atoms with Crippen LogP contribution >= 0.6 is 0 Å². The monoisotopic (exact) mass is 320 g/mol. The number of hydrazine groups is 1. The van der Waals surface area contributed by atoms with Crippen LogP contribution in [0.1, 0.15) is 39.2 Å². The van der Waals surface area contributed by atoms with Crippen LogP contribution in [0.2, 0.25) is 0 Å². The van der Waals surface area contributed by atoms with Crippen molar-refractivity contribution in [3.63, 3.8) is 0 Å². The van der Waals surface area contributed by atoms with E-state index in [2.05, 4.69) is 15.7 Å². The number of nitrogens with zero attached hydrogens (tertiary/aromatic N) is 2. The minimum atomic E-state index is -0.568. The minimum Gasteiger partial charge on any atom is -0.443 e. The predicted octanol–water partition coefficient (Wildman–Crippen LogP) is 1.60. The van der Waals surface area contributed by atoms with Gasteiger partial charge in [0.2, 0.25) is 5.91 Å². The lowest BCUT2D eigenvalue weighted by molar-refractivity contribution is -0.126. The maximum absolute atomic E-state index is 12.3. The number of ether oxygens (including phenoxy) is 1. The molecule has 0 aromatic carbocycles. The summed E-state index contributed by atoms with van der Waals surface area (Å²) in [4.78, 5) is 28.2. The Morgan fingerprint density at radius 1 is 1.43 bits per heavy atom. The largest absolute Gasteiger partial charge is 0.443 e. The lowest BCUT2D eigenvalue weighted by Crippen LogP contribution is -2.52. The van der Waals surface area contributed by atoms with Crippen LogP contribution in [-0.2, 0) is 16.1 Å². The zero-order valence-corrected chi connectivity index (χ0v) is 13.8. The van der Waals surface area contributed by atoms with Crippen molar-refractivity contribution in [2.45, 2.75) is 51.8 Å². The molecular formula is C16H24N4O3. The third-order valence-corrected chi connectivity index (χ3v) is 3.38. The van der Waals surface area contributed by atoms with Gasteiger partial charge in [0.25, 0.3) is 0 Å². The molecule has 1 aliphatic heterocycles. The molecule has 2 N–H and O–H groups in total. The summed E-state index contributed by atoms with van der Waals surface area (Å²) in [7, 11) is 0. The smallest absolute Gasteiger partial charge is 0.422 e. The van der Waals surface area contributed by atoms with E-state index < -0.39 is 11.7 Å². The van der Waals surface area contributed by atoms with Gasteiger partial charge in [-0.15, -0.1) is 0 Å². The molecule has 0 aliphatic carbocycles. The molecule has 0 saturated carbocycles. The van der Waals surface area contributed by atoms with E-state index in [9.17, 15) is 9.59 Å². The first-order chi connectivity index (χ1) is 10.8. The van der Waals surface area contributed by atoms with Crippen LogP contribution in [0.25, 0.3) is 0 Å². The fourth-order valence-corrected chi connectivity index (χ4v) is 2.40.